The summed E-state index contributed by atoms with van der Waals surface area (Å²) in [5.41, 5.74) is 0.542. The molecule has 126 valence electrons. The maximum absolute atomic E-state index is 12.4. The molecule has 1 heterocycles. The van der Waals surface area contributed by atoms with Crippen LogP contribution in [-0.2, 0) is 26.3 Å². The highest BCUT2D eigenvalue weighted by molar-refractivity contribution is 7.84. The van der Waals surface area contributed by atoms with Crippen LogP contribution in [0.25, 0.3) is 0 Å². The number of carboxylic acids is 1. The second kappa shape index (κ2) is 7.07. The Kier molecular flexibility index (Phi) is 5.34. The number of hydrogen-bond acceptors (Lipinski definition) is 5. The molecule has 1 saturated heterocycles. The van der Waals surface area contributed by atoms with E-state index in [1.807, 2.05) is 0 Å². The van der Waals surface area contributed by atoms with E-state index in [1.165, 1.54) is 0 Å². The van der Waals surface area contributed by atoms with E-state index in [1.54, 1.807) is 30.3 Å². The average Bonchev–Trinajstić information content (AvgIpc) is 3.00. The van der Waals surface area contributed by atoms with Crippen molar-refractivity contribution >= 4 is 22.2 Å². The number of carbonyl (C=O) groups is 2. The molecule has 1 aromatic rings. The minimum atomic E-state index is -5.00. The number of rotatable bonds is 6. The molecule has 1 aliphatic heterocycles. The summed E-state index contributed by atoms with van der Waals surface area (Å²) in [5, 5.41) is 12.2. The monoisotopic (exact) mass is 342 g/mol. The van der Waals surface area contributed by atoms with Gasteiger partial charge in [0.05, 0.1) is 6.04 Å². The lowest BCUT2D eigenvalue weighted by Gasteiger charge is -2.27. The Balaban J connectivity index is 2.33. The summed E-state index contributed by atoms with van der Waals surface area (Å²) in [6.07, 6.45) is 0.836. The Morgan fingerprint density at radius 1 is 1.30 bits per heavy atom. The molecule has 0 aliphatic carbocycles. The summed E-state index contributed by atoms with van der Waals surface area (Å²) in [6, 6.07) is 5.80. The molecule has 0 saturated carbocycles. The Morgan fingerprint density at radius 2 is 1.96 bits per heavy atom. The van der Waals surface area contributed by atoms with Crippen molar-refractivity contribution < 1.29 is 27.7 Å². The molecule has 0 spiro atoms. The molecule has 1 fully saturated rings. The molecular formula is C14H18N2O6S. The molecule has 0 bridgehead atoms. The number of carboxylic acid groups (broad SMARTS) is 1. The maximum Gasteiger partial charge on any atom is 0.363 e. The summed E-state index contributed by atoms with van der Waals surface area (Å²) in [4.78, 5) is 23.9. The Hall–Kier alpha value is -1.97. The van der Waals surface area contributed by atoms with Gasteiger partial charge in [0.2, 0.25) is 0 Å². The van der Waals surface area contributed by atoms with Gasteiger partial charge in [-0.25, -0.2) is 9.10 Å². The Labute approximate surface area is 134 Å². The first-order chi connectivity index (χ1) is 10.8. The summed E-state index contributed by atoms with van der Waals surface area (Å²) in [7, 11) is -5.00. The molecule has 2 atom stereocenters. The van der Waals surface area contributed by atoms with Crippen LogP contribution in [0.3, 0.4) is 0 Å². The van der Waals surface area contributed by atoms with Gasteiger partial charge in [-0.3, -0.25) is 9.35 Å². The van der Waals surface area contributed by atoms with Crippen molar-refractivity contribution in [2.45, 2.75) is 31.3 Å². The van der Waals surface area contributed by atoms with Crippen molar-refractivity contribution in [1.82, 2.24) is 9.62 Å². The van der Waals surface area contributed by atoms with E-state index in [2.05, 4.69) is 5.32 Å². The third-order valence-corrected chi connectivity index (χ3v) is 4.60. The number of aliphatic carboxylic acids is 1. The second-order valence-corrected chi connectivity index (χ2v) is 6.59. The highest BCUT2D eigenvalue weighted by Crippen LogP contribution is 2.17. The zero-order valence-corrected chi connectivity index (χ0v) is 13.1. The number of amides is 1. The summed E-state index contributed by atoms with van der Waals surface area (Å²) in [5.74, 6) is -2.45. The van der Waals surface area contributed by atoms with Crippen LogP contribution >= 0.6 is 0 Å². The first kappa shape index (κ1) is 17.4. The molecule has 1 aliphatic rings. The summed E-state index contributed by atoms with van der Waals surface area (Å²) >= 11 is 0. The molecule has 9 heteroatoms. The highest BCUT2D eigenvalue weighted by Gasteiger charge is 2.41. The second-order valence-electron chi connectivity index (χ2n) is 5.30. The van der Waals surface area contributed by atoms with Gasteiger partial charge in [0, 0.05) is 6.42 Å². The minimum absolute atomic E-state index is 0.0747. The predicted molar refractivity (Wildman–Crippen MR) is 81.0 cm³/mol. The highest BCUT2D eigenvalue weighted by atomic mass is 32.2. The number of benzene rings is 1. The van der Waals surface area contributed by atoms with Gasteiger partial charge in [-0.15, -0.1) is 0 Å². The van der Waals surface area contributed by atoms with Crippen molar-refractivity contribution in [1.29, 1.82) is 0 Å². The fourth-order valence-electron chi connectivity index (χ4n) is 2.58. The van der Waals surface area contributed by atoms with Gasteiger partial charge in [0.15, 0.2) is 6.04 Å². The van der Waals surface area contributed by atoms with Crippen molar-refractivity contribution in [3.05, 3.63) is 35.9 Å². The van der Waals surface area contributed by atoms with Crippen molar-refractivity contribution in [3.63, 3.8) is 0 Å². The SMILES string of the molecule is O=C(O)[C@H](Cc1ccccc1)N(C(=O)C1CCCN1)S(=O)(=O)O. The van der Waals surface area contributed by atoms with E-state index >= 15 is 0 Å². The predicted octanol–water partition coefficient (Wildman–Crippen LogP) is 0.0657. The summed E-state index contributed by atoms with van der Waals surface area (Å²) < 4.78 is 32.7. The van der Waals surface area contributed by atoms with E-state index in [0.29, 0.717) is 24.9 Å². The topological polar surface area (TPSA) is 124 Å². The van der Waals surface area contributed by atoms with Gasteiger partial charge in [-0.05, 0) is 24.9 Å². The van der Waals surface area contributed by atoms with Crippen molar-refractivity contribution in [2.24, 2.45) is 0 Å². The lowest BCUT2D eigenvalue weighted by molar-refractivity contribution is -0.146. The van der Waals surface area contributed by atoms with Gasteiger partial charge in [0.1, 0.15) is 0 Å². The lowest BCUT2D eigenvalue weighted by Crippen LogP contribution is -2.54. The molecule has 23 heavy (non-hydrogen) atoms. The molecule has 0 aromatic heterocycles. The van der Waals surface area contributed by atoms with E-state index in [9.17, 15) is 27.7 Å². The quantitative estimate of drug-likeness (QED) is 0.625. The Morgan fingerprint density at radius 3 is 2.43 bits per heavy atom. The van der Waals surface area contributed by atoms with Crippen molar-refractivity contribution in [2.75, 3.05) is 6.54 Å². The lowest BCUT2D eigenvalue weighted by atomic mass is 10.1. The molecule has 8 nitrogen and oxygen atoms in total. The van der Waals surface area contributed by atoms with Crippen LogP contribution < -0.4 is 5.32 Å². The van der Waals surface area contributed by atoms with Gasteiger partial charge in [-0.1, -0.05) is 30.3 Å². The zero-order valence-electron chi connectivity index (χ0n) is 12.3. The zero-order chi connectivity index (χ0) is 17.0. The molecule has 1 unspecified atom stereocenters. The molecule has 1 amide bonds. The maximum atomic E-state index is 12.4. The summed E-state index contributed by atoms with van der Waals surface area (Å²) in [6.45, 7) is 0.534. The molecule has 1 aromatic carbocycles. The van der Waals surface area contributed by atoms with Crippen LogP contribution in [0.2, 0.25) is 0 Å². The van der Waals surface area contributed by atoms with Gasteiger partial charge in [0.25, 0.3) is 5.91 Å². The first-order valence-electron chi connectivity index (χ1n) is 7.11. The largest absolute Gasteiger partial charge is 0.480 e. The normalized spacial score (nSPS) is 19.3. The fraction of sp³-hybridized carbons (Fsp3) is 0.429. The number of nitrogens with zero attached hydrogens (tertiary/aromatic N) is 1. The molecule has 2 rings (SSSR count). The molecular weight excluding hydrogens is 324 g/mol. The smallest absolute Gasteiger partial charge is 0.363 e. The number of carbonyl (C=O) groups excluding carboxylic acids is 1. The average molecular weight is 342 g/mol. The standard InChI is InChI=1S/C14H18N2O6S/c17-13(11-7-4-8-15-11)16(23(20,21)22)12(14(18)19)9-10-5-2-1-3-6-10/h1-3,5-6,11-12,15H,4,7-9H2,(H,18,19)(H,20,21,22)/t11?,12-/m0/s1. The van der Waals surface area contributed by atoms with Crippen LogP contribution in [-0.4, -0.2) is 52.9 Å². The van der Waals surface area contributed by atoms with E-state index < -0.39 is 34.3 Å². The third-order valence-electron chi connectivity index (χ3n) is 3.66. The van der Waals surface area contributed by atoms with Gasteiger partial charge in [-0.2, -0.15) is 8.42 Å². The molecule has 3 N–H and O–H groups in total. The first-order valence-corrected chi connectivity index (χ1v) is 8.51. The number of hydrogen-bond donors (Lipinski definition) is 3. The Bertz CT molecular complexity index is 670. The van der Waals surface area contributed by atoms with Crippen molar-refractivity contribution in [3.8, 4) is 0 Å². The van der Waals surface area contributed by atoms with E-state index in [4.69, 9.17) is 0 Å². The molecule has 0 radical (unpaired) electrons. The van der Waals surface area contributed by atoms with Crippen LogP contribution in [0, 0.1) is 0 Å². The fourth-order valence-corrected chi connectivity index (χ4v) is 3.43. The van der Waals surface area contributed by atoms with Crippen LogP contribution in [0.5, 0.6) is 0 Å². The van der Waals surface area contributed by atoms with Crippen LogP contribution in [0.15, 0.2) is 30.3 Å². The van der Waals surface area contributed by atoms with Crippen LogP contribution in [0.1, 0.15) is 18.4 Å². The minimum Gasteiger partial charge on any atom is -0.480 e. The third kappa shape index (κ3) is 4.27. The number of nitrogens with one attached hydrogen (secondary N) is 1. The van der Waals surface area contributed by atoms with Crippen LogP contribution in [0.4, 0.5) is 0 Å². The van der Waals surface area contributed by atoms with E-state index in [-0.39, 0.29) is 10.7 Å². The van der Waals surface area contributed by atoms with Gasteiger partial charge < -0.3 is 10.4 Å². The van der Waals surface area contributed by atoms with Gasteiger partial charge >= 0.3 is 16.3 Å². The van der Waals surface area contributed by atoms with E-state index in [0.717, 1.165) is 0 Å².